The Bertz CT molecular complexity index is 1010. The van der Waals surface area contributed by atoms with Crippen LogP contribution in [0.1, 0.15) is 41.5 Å². The number of carboxylic acid groups (broad SMARTS) is 1. The number of hydrogen-bond acceptors (Lipinski definition) is 4. The maximum atomic E-state index is 12.6. The van der Waals surface area contributed by atoms with Crippen LogP contribution in [0.25, 0.3) is 11.0 Å². The van der Waals surface area contributed by atoms with Crippen molar-refractivity contribution in [1.82, 2.24) is 15.3 Å². The largest absolute Gasteiger partial charge is 0.481 e. The molecule has 30 heavy (non-hydrogen) atoms. The molecule has 0 saturated carbocycles. The average molecular weight is 409 g/mol. The number of hydrogen-bond donors (Lipinski definition) is 4. The number of carbonyl (C=O) groups excluding carboxylic acids is 1. The van der Waals surface area contributed by atoms with E-state index in [-0.39, 0.29) is 18.7 Å². The van der Waals surface area contributed by atoms with Crippen LogP contribution in [0.4, 0.5) is 0 Å². The summed E-state index contributed by atoms with van der Waals surface area (Å²) in [7, 11) is 0. The molecule has 0 unspecified atom stereocenters. The maximum Gasteiger partial charge on any atom is 0.303 e. The first-order valence-corrected chi connectivity index (χ1v) is 10.3. The fourth-order valence-electron chi connectivity index (χ4n) is 3.48. The highest BCUT2D eigenvalue weighted by molar-refractivity contribution is 5.79. The number of fused-ring (bicyclic) bond motifs is 1. The SMILES string of the molecule is NCCCCc1ccc(CCC(=O)O)cc1CC(=O)NCc1ccc2[nH]cnc2c1. The normalized spacial score (nSPS) is 11.0. The van der Waals surface area contributed by atoms with Gasteiger partial charge in [0.05, 0.1) is 23.8 Å². The number of benzene rings is 2. The molecular weight excluding hydrogens is 380 g/mol. The third-order valence-electron chi connectivity index (χ3n) is 5.12. The van der Waals surface area contributed by atoms with E-state index in [2.05, 4.69) is 15.3 Å². The molecular formula is C23H28N4O3. The lowest BCUT2D eigenvalue weighted by atomic mass is 9.95. The molecule has 158 valence electrons. The highest BCUT2D eigenvalue weighted by Crippen LogP contribution is 2.17. The van der Waals surface area contributed by atoms with Crippen molar-refractivity contribution in [3.8, 4) is 0 Å². The zero-order valence-corrected chi connectivity index (χ0v) is 17.0. The van der Waals surface area contributed by atoms with Gasteiger partial charge in [-0.3, -0.25) is 9.59 Å². The Morgan fingerprint density at radius 1 is 1.03 bits per heavy atom. The van der Waals surface area contributed by atoms with Crippen molar-refractivity contribution in [3.63, 3.8) is 0 Å². The van der Waals surface area contributed by atoms with Crippen LogP contribution in [0.2, 0.25) is 0 Å². The summed E-state index contributed by atoms with van der Waals surface area (Å²) in [6, 6.07) is 11.8. The Hall–Kier alpha value is -3.19. The number of aliphatic carboxylic acids is 1. The second-order valence-electron chi connectivity index (χ2n) is 7.45. The van der Waals surface area contributed by atoms with E-state index in [0.29, 0.717) is 19.5 Å². The molecule has 0 saturated heterocycles. The van der Waals surface area contributed by atoms with E-state index in [0.717, 1.165) is 52.5 Å². The van der Waals surface area contributed by atoms with Crippen LogP contribution in [-0.2, 0) is 35.4 Å². The van der Waals surface area contributed by atoms with E-state index in [1.807, 2.05) is 36.4 Å². The molecule has 0 atom stereocenters. The van der Waals surface area contributed by atoms with Gasteiger partial charge in [-0.15, -0.1) is 0 Å². The molecule has 7 heteroatoms. The van der Waals surface area contributed by atoms with Crippen molar-refractivity contribution in [3.05, 3.63) is 65.0 Å². The van der Waals surface area contributed by atoms with Crippen LogP contribution >= 0.6 is 0 Å². The topological polar surface area (TPSA) is 121 Å². The minimum atomic E-state index is -0.824. The standard InChI is InChI=1S/C23H28N4O3/c24-10-2-1-3-18-7-4-16(6-9-23(29)30)11-19(18)13-22(28)25-14-17-5-8-20-21(12-17)27-15-26-20/h4-5,7-8,11-12,15H,1-3,6,9-10,13-14,24H2,(H,25,28)(H,26,27)(H,29,30). The lowest BCUT2D eigenvalue weighted by molar-refractivity contribution is -0.137. The predicted molar refractivity (Wildman–Crippen MR) is 116 cm³/mol. The van der Waals surface area contributed by atoms with Crippen LogP contribution in [-0.4, -0.2) is 33.5 Å². The number of H-pyrrole nitrogens is 1. The molecule has 0 aliphatic carbocycles. The van der Waals surface area contributed by atoms with Crippen LogP contribution in [0.3, 0.4) is 0 Å². The first-order chi connectivity index (χ1) is 14.5. The van der Waals surface area contributed by atoms with Crippen LogP contribution in [0, 0.1) is 0 Å². The van der Waals surface area contributed by atoms with E-state index >= 15 is 0 Å². The lowest BCUT2D eigenvalue weighted by Crippen LogP contribution is -2.25. The number of imidazole rings is 1. The fourth-order valence-corrected chi connectivity index (χ4v) is 3.48. The molecule has 0 fully saturated rings. The number of carboxylic acids is 1. The Morgan fingerprint density at radius 2 is 1.87 bits per heavy atom. The van der Waals surface area contributed by atoms with Gasteiger partial charge in [0, 0.05) is 13.0 Å². The van der Waals surface area contributed by atoms with E-state index in [1.54, 1.807) is 6.33 Å². The molecule has 3 aromatic rings. The van der Waals surface area contributed by atoms with Crippen molar-refractivity contribution >= 4 is 22.9 Å². The van der Waals surface area contributed by atoms with Gasteiger partial charge in [0.15, 0.2) is 0 Å². The number of aromatic nitrogens is 2. The number of nitrogens with one attached hydrogen (secondary N) is 2. The summed E-state index contributed by atoms with van der Waals surface area (Å²) in [5.74, 6) is -0.886. The minimum absolute atomic E-state index is 0.0624. The molecule has 5 N–H and O–H groups in total. The van der Waals surface area contributed by atoms with E-state index in [1.165, 1.54) is 0 Å². The molecule has 1 amide bonds. The maximum absolute atomic E-state index is 12.6. The Kier molecular flexibility index (Phi) is 7.57. The average Bonchev–Trinajstić information content (AvgIpc) is 3.20. The quantitative estimate of drug-likeness (QED) is 0.364. The van der Waals surface area contributed by atoms with Crippen molar-refractivity contribution in [2.24, 2.45) is 5.73 Å². The van der Waals surface area contributed by atoms with Gasteiger partial charge in [0.2, 0.25) is 5.91 Å². The van der Waals surface area contributed by atoms with E-state index in [4.69, 9.17) is 10.8 Å². The minimum Gasteiger partial charge on any atom is -0.481 e. The zero-order valence-electron chi connectivity index (χ0n) is 17.0. The predicted octanol–water partition coefficient (Wildman–Crippen LogP) is 2.72. The molecule has 7 nitrogen and oxygen atoms in total. The first kappa shape index (κ1) is 21.5. The van der Waals surface area contributed by atoms with Gasteiger partial charge in [-0.25, -0.2) is 4.98 Å². The third-order valence-corrected chi connectivity index (χ3v) is 5.12. The third kappa shape index (κ3) is 6.15. The summed E-state index contributed by atoms with van der Waals surface area (Å²) >= 11 is 0. The number of aryl methyl sites for hydroxylation is 2. The monoisotopic (exact) mass is 408 g/mol. The van der Waals surface area contributed by atoms with Gasteiger partial charge in [-0.2, -0.15) is 0 Å². The van der Waals surface area contributed by atoms with Gasteiger partial charge in [0.25, 0.3) is 0 Å². The van der Waals surface area contributed by atoms with Crippen molar-refractivity contribution in [2.45, 2.75) is 45.1 Å². The van der Waals surface area contributed by atoms with Gasteiger partial charge < -0.3 is 21.1 Å². The lowest BCUT2D eigenvalue weighted by Gasteiger charge is -2.12. The van der Waals surface area contributed by atoms with E-state index in [9.17, 15) is 9.59 Å². The van der Waals surface area contributed by atoms with E-state index < -0.39 is 5.97 Å². The van der Waals surface area contributed by atoms with Crippen molar-refractivity contribution in [2.75, 3.05) is 6.54 Å². The van der Waals surface area contributed by atoms with Crippen LogP contribution < -0.4 is 11.1 Å². The summed E-state index contributed by atoms with van der Waals surface area (Å²) < 4.78 is 0. The Morgan fingerprint density at radius 3 is 2.67 bits per heavy atom. The Balaban J connectivity index is 1.65. The smallest absolute Gasteiger partial charge is 0.303 e. The highest BCUT2D eigenvalue weighted by Gasteiger charge is 2.11. The van der Waals surface area contributed by atoms with Gasteiger partial charge in [-0.05, 0) is 66.6 Å². The summed E-state index contributed by atoms with van der Waals surface area (Å²) in [5.41, 5.74) is 11.4. The number of rotatable bonds is 11. The summed E-state index contributed by atoms with van der Waals surface area (Å²) in [5, 5.41) is 11.9. The molecule has 1 heterocycles. The number of unbranched alkanes of at least 4 members (excludes halogenated alkanes) is 1. The molecule has 0 aliphatic rings. The Labute approximate surface area is 175 Å². The molecule has 0 aliphatic heterocycles. The van der Waals surface area contributed by atoms with Crippen LogP contribution in [0.5, 0.6) is 0 Å². The van der Waals surface area contributed by atoms with Crippen LogP contribution in [0.15, 0.2) is 42.7 Å². The van der Waals surface area contributed by atoms with Gasteiger partial charge in [-0.1, -0.05) is 24.3 Å². The summed E-state index contributed by atoms with van der Waals surface area (Å²) in [6.07, 6.45) is 5.20. The summed E-state index contributed by atoms with van der Waals surface area (Å²) in [6.45, 7) is 1.08. The van der Waals surface area contributed by atoms with Crippen molar-refractivity contribution < 1.29 is 14.7 Å². The number of nitrogens with two attached hydrogens (primary N) is 1. The molecule has 1 aromatic heterocycles. The number of nitrogens with zero attached hydrogens (tertiary/aromatic N) is 1. The number of amides is 1. The fraction of sp³-hybridized carbons (Fsp3) is 0.348. The molecule has 0 radical (unpaired) electrons. The van der Waals surface area contributed by atoms with Gasteiger partial charge >= 0.3 is 5.97 Å². The number of aromatic amines is 1. The second kappa shape index (κ2) is 10.5. The highest BCUT2D eigenvalue weighted by atomic mass is 16.4. The summed E-state index contributed by atoms with van der Waals surface area (Å²) in [4.78, 5) is 30.8. The first-order valence-electron chi connectivity index (χ1n) is 10.3. The van der Waals surface area contributed by atoms with Crippen molar-refractivity contribution in [1.29, 1.82) is 0 Å². The molecule has 0 bridgehead atoms. The zero-order chi connectivity index (χ0) is 21.3. The molecule has 0 spiro atoms. The second-order valence-corrected chi connectivity index (χ2v) is 7.45. The molecule has 2 aromatic carbocycles. The van der Waals surface area contributed by atoms with Gasteiger partial charge in [0.1, 0.15) is 0 Å². The molecule has 3 rings (SSSR count). The number of carbonyl (C=O) groups is 2.